The molecule has 2 aliphatic heterocycles. The van der Waals surface area contributed by atoms with E-state index >= 15 is 4.39 Å². The highest BCUT2D eigenvalue weighted by molar-refractivity contribution is 7.90. The van der Waals surface area contributed by atoms with Crippen molar-refractivity contribution in [3.63, 3.8) is 0 Å². The number of hydrogen-bond donors (Lipinski definition) is 3. The Morgan fingerprint density at radius 1 is 1.03 bits per heavy atom. The number of nitrogens with one attached hydrogen (secondary N) is 3. The molecule has 4 heterocycles. The molecular weight excluding hydrogens is 871 g/mol. The van der Waals surface area contributed by atoms with E-state index in [1.807, 2.05) is 4.90 Å². The molecule has 0 saturated carbocycles. The summed E-state index contributed by atoms with van der Waals surface area (Å²) in [7, 11) is -4.65. The fraction of sp³-hybridized carbons (Fsp3) is 0.391. The second kappa shape index (κ2) is 18.4. The smallest absolute Gasteiger partial charge is 0.416 e. The third-order valence-corrected chi connectivity index (χ3v) is 13.7. The summed E-state index contributed by atoms with van der Waals surface area (Å²) >= 11 is 0. The van der Waals surface area contributed by atoms with E-state index in [1.54, 1.807) is 30.5 Å². The first kappa shape index (κ1) is 45.5. The van der Waals surface area contributed by atoms with Gasteiger partial charge in [0.15, 0.2) is 0 Å². The Kier molecular flexibility index (Phi) is 12.9. The maximum absolute atomic E-state index is 15.4. The molecule has 5 aromatic rings. The number of halogens is 4. The number of carbonyl (C=O) groups is 1. The summed E-state index contributed by atoms with van der Waals surface area (Å²) in [4.78, 5) is 36.7. The molecule has 344 valence electrons. The third kappa shape index (κ3) is 10.6. The van der Waals surface area contributed by atoms with E-state index in [4.69, 9.17) is 9.47 Å². The number of ether oxygens (including phenoxy) is 2. The van der Waals surface area contributed by atoms with Gasteiger partial charge in [0, 0.05) is 81.4 Å². The van der Waals surface area contributed by atoms with Crippen molar-refractivity contribution >= 4 is 49.6 Å². The van der Waals surface area contributed by atoms with E-state index in [9.17, 15) is 36.5 Å². The number of rotatable bonds is 13. The molecule has 2 aromatic heterocycles. The van der Waals surface area contributed by atoms with E-state index in [0.717, 1.165) is 47.9 Å². The summed E-state index contributed by atoms with van der Waals surface area (Å²) in [6, 6.07) is 14.5. The number of fused-ring (bicyclic) bond motifs is 1. The number of allylic oxidation sites excluding steroid dienone is 1. The van der Waals surface area contributed by atoms with Gasteiger partial charge in [-0.25, -0.2) is 22.5 Å². The number of pyridine rings is 1. The molecule has 65 heavy (non-hydrogen) atoms. The number of sulfonamides is 1. The minimum atomic E-state index is -4.66. The Labute approximate surface area is 373 Å². The highest BCUT2D eigenvalue weighted by Crippen LogP contribution is 2.45. The molecule has 3 aromatic carbocycles. The predicted molar refractivity (Wildman–Crippen MR) is 237 cm³/mol. The zero-order valence-corrected chi connectivity index (χ0v) is 36.7. The van der Waals surface area contributed by atoms with E-state index in [0.29, 0.717) is 82.7 Å². The number of piperazine rings is 1. The zero-order chi connectivity index (χ0) is 46.1. The number of aromatic amines is 1. The largest absolute Gasteiger partial charge is 0.455 e. The number of H-pyrrole nitrogens is 1. The van der Waals surface area contributed by atoms with E-state index in [1.165, 1.54) is 30.5 Å². The highest BCUT2D eigenvalue weighted by atomic mass is 32.2. The van der Waals surface area contributed by atoms with Crippen LogP contribution in [0.3, 0.4) is 0 Å². The molecule has 1 aliphatic carbocycles. The van der Waals surface area contributed by atoms with Gasteiger partial charge in [0.05, 0.1) is 27.1 Å². The summed E-state index contributed by atoms with van der Waals surface area (Å²) in [6.45, 7) is 8.38. The molecule has 2 saturated heterocycles. The molecule has 0 radical (unpaired) electrons. The fourth-order valence-corrected chi connectivity index (χ4v) is 9.65. The van der Waals surface area contributed by atoms with Gasteiger partial charge in [0.25, 0.3) is 21.6 Å². The normalized spacial score (nSPS) is 17.6. The first-order chi connectivity index (χ1) is 30.9. The number of anilines is 2. The highest BCUT2D eigenvalue weighted by Gasteiger charge is 2.34. The van der Waals surface area contributed by atoms with Crippen molar-refractivity contribution in [3.05, 3.63) is 117 Å². The van der Waals surface area contributed by atoms with E-state index in [2.05, 4.69) is 38.8 Å². The number of nitrogens with zero attached hydrogens (tertiary/aromatic N) is 4. The molecule has 3 N–H and O–H groups in total. The summed E-state index contributed by atoms with van der Waals surface area (Å²) in [6.07, 6.45) is 2.12. The fourth-order valence-electron chi connectivity index (χ4n) is 8.67. The number of hydrogen-bond acceptors (Lipinski definition) is 11. The SMILES string of the molecule is CC1(C)CCC(CN2CCN(c3ccc(Oc4cnc5[nH]ccc5c4)c(C(=O)NS(=O)(=O)c4ccc(NCC5CCOCC5)c([N+](=O)[O-])c4)c3)CC2)=C(c2ccc(C(F)(F)F)cc2F)C1. The van der Waals surface area contributed by atoms with Crippen molar-refractivity contribution in [2.45, 2.75) is 57.0 Å². The van der Waals surface area contributed by atoms with Crippen LogP contribution in [0, 0.1) is 27.3 Å². The third-order valence-electron chi connectivity index (χ3n) is 12.4. The average Bonchev–Trinajstić information content (AvgIpc) is 3.74. The van der Waals surface area contributed by atoms with Crippen molar-refractivity contribution < 1.29 is 45.2 Å². The lowest BCUT2D eigenvalue weighted by Crippen LogP contribution is -2.47. The number of carbonyl (C=O) groups excluding carboxylic acids is 1. The second-order valence-corrected chi connectivity index (χ2v) is 19.2. The van der Waals surface area contributed by atoms with Crippen molar-refractivity contribution in [3.8, 4) is 11.5 Å². The molecule has 0 atom stereocenters. The van der Waals surface area contributed by atoms with Crippen LogP contribution in [-0.4, -0.2) is 86.6 Å². The summed E-state index contributed by atoms with van der Waals surface area (Å²) < 4.78 is 96.7. The molecule has 0 spiro atoms. The number of amides is 1. The summed E-state index contributed by atoms with van der Waals surface area (Å²) in [5.41, 5.74) is 1.48. The molecule has 14 nitrogen and oxygen atoms in total. The lowest BCUT2D eigenvalue weighted by atomic mass is 9.72. The predicted octanol–water partition coefficient (Wildman–Crippen LogP) is 9.16. The van der Waals surface area contributed by atoms with Crippen LogP contribution in [0.15, 0.2) is 89.6 Å². The zero-order valence-electron chi connectivity index (χ0n) is 35.8. The van der Waals surface area contributed by atoms with Crippen LogP contribution < -0.4 is 19.7 Å². The van der Waals surface area contributed by atoms with Gasteiger partial charge >= 0.3 is 6.18 Å². The van der Waals surface area contributed by atoms with Gasteiger partial charge in [-0.2, -0.15) is 13.2 Å². The van der Waals surface area contributed by atoms with Crippen LogP contribution in [0.1, 0.15) is 67.4 Å². The lowest BCUT2D eigenvalue weighted by Gasteiger charge is -2.39. The number of benzene rings is 3. The number of aromatic nitrogens is 2. The maximum Gasteiger partial charge on any atom is 0.416 e. The molecule has 8 rings (SSSR count). The van der Waals surface area contributed by atoms with Crippen molar-refractivity contribution in [2.75, 3.05) is 62.7 Å². The van der Waals surface area contributed by atoms with Gasteiger partial charge in [-0.05, 0) is 104 Å². The Bertz CT molecular complexity index is 2750. The average molecular weight is 920 g/mol. The standard InChI is InChI=1S/C46H49F4N7O7S/c1-45(2)13-9-31(38(25-45)36-6-3-32(22-39(36)47)46(48,49)50)28-55-15-17-56(18-16-55)33-4-8-42(64-34-21-30-10-14-51-43(30)53-27-34)37(23-33)44(58)54-65(61,62)35-5-7-40(41(24-35)57(59)60)52-26-29-11-19-63-20-12-29/h3-8,10,14,21-24,27,29,52H,9,11-13,15-20,25-26,28H2,1-2H3,(H,51,53)(H,54,58). The molecular formula is C46H49F4N7O7S. The Balaban J connectivity index is 1.02. The molecule has 19 heteroatoms. The molecule has 2 fully saturated rings. The van der Waals surface area contributed by atoms with Crippen molar-refractivity contribution in [1.29, 1.82) is 0 Å². The van der Waals surface area contributed by atoms with Gasteiger partial charge in [0.2, 0.25) is 0 Å². The monoisotopic (exact) mass is 919 g/mol. The molecule has 0 unspecified atom stereocenters. The minimum Gasteiger partial charge on any atom is -0.455 e. The lowest BCUT2D eigenvalue weighted by molar-refractivity contribution is -0.384. The van der Waals surface area contributed by atoms with Crippen LogP contribution in [0.5, 0.6) is 11.5 Å². The van der Waals surface area contributed by atoms with Crippen LogP contribution in [-0.2, 0) is 20.9 Å². The Morgan fingerprint density at radius 2 is 1.80 bits per heavy atom. The second-order valence-electron chi connectivity index (χ2n) is 17.6. The van der Waals surface area contributed by atoms with Crippen LogP contribution in [0.4, 0.5) is 34.6 Å². The van der Waals surface area contributed by atoms with Crippen LogP contribution in [0.25, 0.3) is 16.6 Å². The minimum absolute atomic E-state index is 0.0330. The van der Waals surface area contributed by atoms with Crippen molar-refractivity contribution in [2.24, 2.45) is 11.3 Å². The van der Waals surface area contributed by atoms with Gasteiger partial charge < -0.3 is 24.7 Å². The molecule has 0 bridgehead atoms. The quantitative estimate of drug-likeness (QED) is 0.0584. The van der Waals surface area contributed by atoms with E-state index in [-0.39, 0.29) is 39.6 Å². The Morgan fingerprint density at radius 3 is 2.52 bits per heavy atom. The molecule has 1 amide bonds. The summed E-state index contributed by atoms with van der Waals surface area (Å²) in [5.74, 6) is -1.38. The maximum atomic E-state index is 15.4. The van der Waals surface area contributed by atoms with Crippen LogP contribution in [0.2, 0.25) is 0 Å². The summed E-state index contributed by atoms with van der Waals surface area (Å²) in [5, 5.41) is 15.9. The van der Waals surface area contributed by atoms with Gasteiger partial charge in [0.1, 0.15) is 28.7 Å². The van der Waals surface area contributed by atoms with Gasteiger partial charge in [-0.3, -0.25) is 19.8 Å². The Hall–Kier alpha value is -6.05. The van der Waals surface area contributed by atoms with Gasteiger partial charge in [-0.15, -0.1) is 0 Å². The number of alkyl halides is 3. The number of nitro benzene ring substituents is 1. The molecule has 3 aliphatic rings. The topological polar surface area (TPSA) is 172 Å². The van der Waals surface area contributed by atoms with Crippen molar-refractivity contribution in [1.82, 2.24) is 19.6 Å². The first-order valence-electron chi connectivity index (χ1n) is 21.4. The first-order valence-corrected chi connectivity index (χ1v) is 22.9. The van der Waals surface area contributed by atoms with E-state index < -0.39 is 49.0 Å². The number of nitro groups is 1. The van der Waals surface area contributed by atoms with Crippen LogP contribution >= 0.6 is 0 Å². The van der Waals surface area contributed by atoms with Gasteiger partial charge in [-0.1, -0.05) is 25.5 Å².